The number of rotatable bonds is 3. The third-order valence-corrected chi connectivity index (χ3v) is 8.06. The second-order valence-corrected chi connectivity index (χ2v) is 10.2. The van der Waals surface area contributed by atoms with Crippen LogP contribution in [0.4, 0.5) is 0 Å². The van der Waals surface area contributed by atoms with Crippen molar-refractivity contribution in [2.24, 2.45) is 0 Å². The number of nitrogens with zero attached hydrogens (tertiary/aromatic N) is 4. The zero-order chi connectivity index (χ0) is 25.1. The lowest BCUT2D eigenvalue weighted by molar-refractivity contribution is 0.955. The molecule has 3 aromatic heterocycles. The van der Waals surface area contributed by atoms with Crippen LogP contribution in [-0.2, 0) is 0 Å². The molecule has 0 amide bonds. The maximum Gasteiger partial charge on any atom is 0.238 e. The number of hydrogen-bond acceptors (Lipinski definition) is 4. The van der Waals surface area contributed by atoms with Crippen molar-refractivity contribution >= 4 is 54.0 Å². The van der Waals surface area contributed by atoms with E-state index in [1.54, 1.807) is 11.3 Å². The maximum absolute atomic E-state index is 5.09. The topological polar surface area (TPSA) is 43.6 Å². The van der Waals surface area contributed by atoms with E-state index in [1.807, 2.05) is 60.7 Å². The zero-order valence-corrected chi connectivity index (χ0v) is 21.1. The zero-order valence-electron chi connectivity index (χ0n) is 20.2. The molecule has 3 heterocycles. The number of thiophene rings is 1. The van der Waals surface area contributed by atoms with E-state index in [9.17, 15) is 0 Å². The van der Waals surface area contributed by atoms with Crippen molar-refractivity contribution in [1.29, 1.82) is 0 Å². The molecule has 0 atom stereocenters. The van der Waals surface area contributed by atoms with Crippen LogP contribution in [0.1, 0.15) is 0 Å². The summed E-state index contributed by atoms with van der Waals surface area (Å²) < 4.78 is 3.46. The summed E-state index contributed by atoms with van der Waals surface area (Å²) in [5, 5.41) is 8.24. The van der Waals surface area contributed by atoms with Gasteiger partial charge >= 0.3 is 0 Å². The molecule has 0 radical (unpaired) electrons. The minimum Gasteiger partial charge on any atom is -0.276 e. The molecule has 0 N–H and O–H groups in total. The Morgan fingerprint density at radius 1 is 0.526 bits per heavy atom. The van der Waals surface area contributed by atoms with Gasteiger partial charge in [-0.25, -0.2) is 4.98 Å². The molecule has 5 heteroatoms. The molecule has 8 rings (SSSR count). The van der Waals surface area contributed by atoms with Crippen molar-refractivity contribution < 1.29 is 0 Å². The molecule has 0 aliphatic carbocycles. The highest BCUT2D eigenvalue weighted by Gasteiger charge is 2.21. The molecule has 38 heavy (non-hydrogen) atoms. The van der Waals surface area contributed by atoms with Gasteiger partial charge in [0.1, 0.15) is 0 Å². The van der Waals surface area contributed by atoms with Gasteiger partial charge in [0, 0.05) is 21.9 Å². The summed E-state index contributed by atoms with van der Waals surface area (Å²) in [4.78, 5) is 15.1. The standard InChI is InChI=1S/C33H20N4S/c1-3-10-23(11-4-1)31-34-32(24-12-5-2-6-13-24)36-33(35-31)37-27-18-16-21-9-7-8-14-25(21)28(27)26-17-15-22-19-20-38-30(22)29(26)37/h1-20H. The van der Waals surface area contributed by atoms with Gasteiger partial charge in [-0.05, 0) is 33.7 Å². The highest BCUT2D eigenvalue weighted by atomic mass is 32.1. The number of aromatic nitrogens is 4. The summed E-state index contributed by atoms with van der Waals surface area (Å²) in [7, 11) is 0. The van der Waals surface area contributed by atoms with Crippen LogP contribution in [0.25, 0.3) is 71.4 Å². The van der Waals surface area contributed by atoms with E-state index in [-0.39, 0.29) is 0 Å². The van der Waals surface area contributed by atoms with E-state index in [4.69, 9.17) is 15.0 Å². The highest BCUT2D eigenvalue weighted by Crippen LogP contribution is 2.41. The normalized spacial score (nSPS) is 11.7. The van der Waals surface area contributed by atoms with Crippen molar-refractivity contribution in [2.75, 3.05) is 0 Å². The summed E-state index contributed by atoms with van der Waals surface area (Å²) >= 11 is 1.76. The van der Waals surface area contributed by atoms with Crippen molar-refractivity contribution in [3.63, 3.8) is 0 Å². The quantitative estimate of drug-likeness (QED) is 0.242. The predicted octanol–water partition coefficient (Wildman–Crippen LogP) is 8.67. The van der Waals surface area contributed by atoms with E-state index >= 15 is 0 Å². The molecule has 0 aliphatic rings. The summed E-state index contributed by atoms with van der Waals surface area (Å²) in [5.74, 6) is 1.93. The molecule has 0 bridgehead atoms. The van der Waals surface area contributed by atoms with E-state index in [0.29, 0.717) is 17.6 Å². The number of benzene rings is 5. The van der Waals surface area contributed by atoms with Gasteiger partial charge in [-0.15, -0.1) is 11.3 Å². The molecule has 4 nitrogen and oxygen atoms in total. The third-order valence-electron chi connectivity index (χ3n) is 7.12. The summed E-state index contributed by atoms with van der Waals surface area (Å²) in [5.41, 5.74) is 4.14. The Bertz CT molecular complexity index is 2070. The first-order valence-electron chi connectivity index (χ1n) is 12.5. The fourth-order valence-electron chi connectivity index (χ4n) is 5.40. The molecule has 8 aromatic rings. The Morgan fingerprint density at radius 2 is 1.18 bits per heavy atom. The van der Waals surface area contributed by atoms with Crippen LogP contribution in [-0.4, -0.2) is 19.5 Å². The highest BCUT2D eigenvalue weighted by molar-refractivity contribution is 7.18. The lowest BCUT2D eigenvalue weighted by atomic mass is 10.0. The van der Waals surface area contributed by atoms with Crippen LogP contribution in [0, 0.1) is 0 Å². The van der Waals surface area contributed by atoms with Gasteiger partial charge in [0.2, 0.25) is 5.95 Å². The van der Waals surface area contributed by atoms with Gasteiger partial charge < -0.3 is 0 Å². The second kappa shape index (κ2) is 8.33. The van der Waals surface area contributed by atoms with Gasteiger partial charge in [-0.1, -0.05) is 103 Å². The van der Waals surface area contributed by atoms with Crippen LogP contribution in [0.2, 0.25) is 0 Å². The molecule has 0 unspecified atom stereocenters. The van der Waals surface area contributed by atoms with E-state index in [1.165, 1.54) is 31.6 Å². The minimum atomic E-state index is 0.619. The fraction of sp³-hybridized carbons (Fsp3) is 0. The van der Waals surface area contributed by atoms with Crippen molar-refractivity contribution in [3.05, 3.63) is 121 Å². The predicted molar refractivity (Wildman–Crippen MR) is 158 cm³/mol. The van der Waals surface area contributed by atoms with E-state index in [2.05, 4.69) is 64.5 Å². The second-order valence-electron chi connectivity index (χ2n) is 9.33. The van der Waals surface area contributed by atoms with Gasteiger partial charge in [0.05, 0.1) is 15.7 Å². The SMILES string of the molecule is c1ccc(-c2nc(-c3ccccc3)nc(-n3c4ccc5ccccc5c4c4ccc5ccsc5c43)n2)cc1. The molecular formula is C33H20N4S. The largest absolute Gasteiger partial charge is 0.276 e. The molecule has 0 spiro atoms. The number of fused-ring (bicyclic) bond motifs is 7. The van der Waals surface area contributed by atoms with Crippen LogP contribution >= 0.6 is 11.3 Å². The van der Waals surface area contributed by atoms with E-state index in [0.717, 1.165) is 22.2 Å². The van der Waals surface area contributed by atoms with Crippen LogP contribution in [0.5, 0.6) is 0 Å². The Balaban J connectivity index is 1.55. The van der Waals surface area contributed by atoms with Crippen LogP contribution in [0.15, 0.2) is 121 Å². The summed E-state index contributed by atoms with van der Waals surface area (Å²) in [6.07, 6.45) is 0. The molecule has 178 valence electrons. The number of hydrogen-bond donors (Lipinski definition) is 0. The first-order chi connectivity index (χ1) is 18.8. The Morgan fingerprint density at radius 3 is 1.92 bits per heavy atom. The monoisotopic (exact) mass is 504 g/mol. The smallest absolute Gasteiger partial charge is 0.238 e. The Labute approximate surface area is 222 Å². The molecule has 0 fully saturated rings. The summed E-state index contributed by atoms with van der Waals surface area (Å²) in [6.45, 7) is 0. The average molecular weight is 505 g/mol. The van der Waals surface area contributed by atoms with Crippen LogP contribution in [0.3, 0.4) is 0 Å². The van der Waals surface area contributed by atoms with Crippen molar-refractivity contribution in [1.82, 2.24) is 19.5 Å². The molecular weight excluding hydrogens is 484 g/mol. The van der Waals surface area contributed by atoms with Gasteiger partial charge in [0.25, 0.3) is 0 Å². The Hall–Kier alpha value is -4.87. The molecule has 5 aromatic carbocycles. The van der Waals surface area contributed by atoms with E-state index < -0.39 is 0 Å². The lowest BCUT2D eigenvalue weighted by Crippen LogP contribution is -2.06. The van der Waals surface area contributed by atoms with Crippen molar-refractivity contribution in [3.8, 4) is 28.7 Å². The average Bonchev–Trinajstić information content (AvgIpc) is 3.60. The Kier molecular flexibility index (Phi) is 4.66. The van der Waals surface area contributed by atoms with Crippen molar-refractivity contribution in [2.45, 2.75) is 0 Å². The van der Waals surface area contributed by atoms with Gasteiger partial charge in [-0.2, -0.15) is 9.97 Å². The summed E-state index contributed by atoms with van der Waals surface area (Å²) in [6, 6.07) is 39.9. The van der Waals surface area contributed by atoms with Crippen LogP contribution < -0.4 is 0 Å². The first kappa shape index (κ1) is 21.2. The minimum absolute atomic E-state index is 0.619. The fourth-order valence-corrected chi connectivity index (χ4v) is 6.33. The van der Waals surface area contributed by atoms with Gasteiger partial charge in [0.15, 0.2) is 11.6 Å². The molecule has 0 saturated heterocycles. The molecule has 0 aliphatic heterocycles. The third kappa shape index (κ3) is 3.19. The molecule has 0 saturated carbocycles. The first-order valence-corrected chi connectivity index (χ1v) is 13.4. The lowest BCUT2D eigenvalue weighted by Gasteiger charge is -2.11. The van der Waals surface area contributed by atoms with Gasteiger partial charge in [-0.3, -0.25) is 4.57 Å². The maximum atomic E-state index is 5.09.